The van der Waals surface area contributed by atoms with Gasteiger partial charge in [-0.1, -0.05) is 54.6 Å². The van der Waals surface area contributed by atoms with Gasteiger partial charge in [0.2, 0.25) is 5.91 Å². The Balaban J connectivity index is 2.19. The van der Waals surface area contributed by atoms with E-state index < -0.39 is 0 Å². The summed E-state index contributed by atoms with van der Waals surface area (Å²) in [4.78, 5) is 12.2. The molecular formula is C21H27NO. The number of rotatable bonds is 5. The van der Waals surface area contributed by atoms with E-state index in [2.05, 4.69) is 60.8 Å². The first-order valence-corrected chi connectivity index (χ1v) is 8.28. The standard InChI is InChI=1S/C21H27NO/c1-16-10-8-9-13-18(16)19(17-11-6-5-7-12-17)14-15-20(23)22-21(2,3)4/h5-13,19H,14-15H2,1-4H3,(H,22,23)/t19-/m1/s1. The van der Waals surface area contributed by atoms with E-state index in [0.717, 1.165) is 6.42 Å². The van der Waals surface area contributed by atoms with Gasteiger partial charge in [0, 0.05) is 17.9 Å². The zero-order valence-corrected chi connectivity index (χ0v) is 14.6. The molecule has 2 aromatic carbocycles. The molecule has 0 aliphatic carbocycles. The Labute approximate surface area is 139 Å². The third-order valence-electron chi connectivity index (χ3n) is 3.94. The maximum atomic E-state index is 12.2. The molecule has 1 amide bonds. The zero-order chi connectivity index (χ0) is 16.9. The summed E-state index contributed by atoms with van der Waals surface area (Å²) >= 11 is 0. The lowest BCUT2D eigenvalue weighted by Crippen LogP contribution is -2.40. The molecule has 0 aliphatic heterocycles. The molecule has 2 aromatic rings. The largest absolute Gasteiger partial charge is 0.352 e. The molecule has 0 radical (unpaired) electrons. The molecular weight excluding hydrogens is 282 g/mol. The molecule has 122 valence electrons. The molecule has 0 heterocycles. The smallest absolute Gasteiger partial charge is 0.220 e. The van der Waals surface area contributed by atoms with E-state index in [1.165, 1.54) is 16.7 Å². The van der Waals surface area contributed by atoms with Crippen LogP contribution in [0.2, 0.25) is 0 Å². The van der Waals surface area contributed by atoms with Gasteiger partial charge < -0.3 is 5.32 Å². The van der Waals surface area contributed by atoms with Crippen LogP contribution in [0.1, 0.15) is 56.2 Å². The summed E-state index contributed by atoms with van der Waals surface area (Å²) in [7, 11) is 0. The first-order valence-electron chi connectivity index (χ1n) is 8.28. The highest BCUT2D eigenvalue weighted by atomic mass is 16.1. The molecule has 2 rings (SSSR count). The van der Waals surface area contributed by atoms with Crippen molar-refractivity contribution in [3.05, 3.63) is 71.3 Å². The van der Waals surface area contributed by atoms with Gasteiger partial charge in [-0.3, -0.25) is 4.79 Å². The summed E-state index contributed by atoms with van der Waals surface area (Å²) < 4.78 is 0. The van der Waals surface area contributed by atoms with Gasteiger partial charge in [0.1, 0.15) is 0 Å². The van der Waals surface area contributed by atoms with Gasteiger partial charge >= 0.3 is 0 Å². The van der Waals surface area contributed by atoms with Crippen LogP contribution in [0.4, 0.5) is 0 Å². The topological polar surface area (TPSA) is 29.1 Å². The normalized spacial score (nSPS) is 12.7. The Morgan fingerprint density at radius 2 is 1.61 bits per heavy atom. The van der Waals surface area contributed by atoms with Gasteiger partial charge in [0.25, 0.3) is 0 Å². The molecule has 0 aliphatic rings. The molecule has 2 heteroatoms. The van der Waals surface area contributed by atoms with Gasteiger partial charge in [-0.05, 0) is 50.8 Å². The van der Waals surface area contributed by atoms with Gasteiger partial charge in [0.15, 0.2) is 0 Å². The fraction of sp³-hybridized carbons (Fsp3) is 0.381. The number of carbonyl (C=O) groups excluding carboxylic acids is 1. The SMILES string of the molecule is Cc1ccccc1[C@H](CCC(=O)NC(C)(C)C)c1ccccc1. The highest BCUT2D eigenvalue weighted by Crippen LogP contribution is 2.31. The van der Waals surface area contributed by atoms with Gasteiger partial charge in [-0.15, -0.1) is 0 Å². The first-order chi connectivity index (χ1) is 10.9. The summed E-state index contributed by atoms with van der Waals surface area (Å²) in [6.45, 7) is 8.18. The van der Waals surface area contributed by atoms with Crippen molar-refractivity contribution in [3.63, 3.8) is 0 Å². The van der Waals surface area contributed by atoms with Crippen molar-refractivity contribution in [2.45, 2.75) is 52.0 Å². The minimum Gasteiger partial charge on any atom is -0.352 e. The number of amides is 1. The molecule has 0 spiro atoms. The second kappa shape index (κ2) is 7.45. The average Bonchev–Trinajstić information content (AvgIpc) is 2.48. The second-order valence-corrected chi connectivity index (χ2v) is 7.16. The lowest BCUT2D eigenvalue weighted by molar-refractivity contribution is -0.122. The molecule has 0 fully saturated rings. The van der Waals surface area contributed by atoms with Crippen molar-refractivity contribution in [1.82, 2.24) is 5.32 Å². The minimum atomic E-state index is -0.179. The van der Waals surface area contributed by atoms with Crippen molar-refractivity contribution < 1.29 is 4.79 Å². The van der Waals surface area contributed by atoms with Crippen LogP contribution in [-0.2, 0) is 4.79 Å². The van der Waals surface area contributed by atoms with Crippen LogP contribution >= 0.6 is 0 Å². The zero-order valence-electron chi connectivity index (χ0n) is 14.6. The Morgan fingerprint density at radius 1 is 1.00 bits per heavy atom. The van der Waals surface area contributed by atoms with Crippen LogP contribution < -0.4 is 5.32 Å². The van der Waals surface area contributed by atoms with Crippen molar-refractivity contribution >= 4 is 5.91 Å². The molecule has 0 unspecified atom stereocenters. The van der Waals surface area contributed by atoms with Crippen LogP contribution in [0.5, 0.6) is 0 Å². The lowest BCUT2D eigenvalue weighted by Gasteiger charge is -2.23. The fourth-order valence-corrected chi connectivity index (χ4v) is 2.92. The van der Waals surface area contributed by atoms with E-state index >= 15 is 0 Å². The van der Waals surface area contributed by atoms with Crippen LogP contribution in [0.15, 0.2) is 54.6 Å². The number of hydrogen-bond donors (Lipinski definition) is 1. The minimum absolute atomic E-state index is 0.118. The molecule has 2 nitrogen and oxygen atoms in total. The Hall–Kier alpha value is -2.09. The van der Waals surface area contributed by atoms with Gasteiger partial charge in [-0.25, -0.2) is 0 Å². The van der Waals surface area contributed by atoms with E-state index in [9.17, 15) is 4.79 Å². The van der Waals surface area contributed by atoms with Crippen molar-refractivity contribution in [2.75, 3.05) is 0 Å². The first kappa shape index (κ1) is 17.3. The summed E-state index contributed by atoms with van der Waals surface area (Å²) in [5.74, 6) is 0.370. The predicted molar refractivity (Wildman–Crippen MR) is 96.6 cm³/mol. The molecule has 0 aromatic heterocycles. The Morgan fingerprint density at radius 3 is 2.22 bits per heavy atom. The molecule has 23 heavy (non-hydrogen) atoms. The Bertz CT molecular complexity index is 640. The van der Waals surface area contributed by atoms with Gasteiger partial charge in [0.05, 0.1) is 0 Å². The second-order valence-electron chi connectivity index (χ2n) is 7.16. The molecule has 0 saturated heterocycles. The van der Waals surface area contributed by atoms with Crippen molar-refractivity contribution in [3.8, 4) is 0 Å². The number of nitrogens with one attached hydrogen (secondary N) is 1. The molecule has 0 saturated carbocycles. The van der Waals surface area contributed by atoms with Crippen LogP contribution in [-0.4, -0.2) is 11.4 Å². The quantitative estimate of drug-likeness (QED) is 0.842. The third-order valence-corrected chi connectivity index (χ3v) is 3.94. The van der Waals surface area contributed by atoms with E-state index in [-0.39, 0.29) is 17.4 Å². The third kappa shape index (κ3) is 5.24. The fourth-order valence-electron chi connectivity index (χ4n) is 2.92. The average molecular weight is 309 g/mol. The number of hydrogen-bond acceptors (Lipinski definition) is 1. The monoisotopic (exact) mass is 309 g/mol. The summed E-state index contributed by atoms with van der Waals surface area (Å²) in [5.41, 5.74) is 3.67. The summed E-state index contributed by atoms with van der Waals surface area (Å²) in [5, 5.41) is 3.05. The van der Waals surface area contributed by atoms with Crippen LogP contribution in [0, 0.1) is 6.92 Å². The van der Waals surface area contributed by atoms with Crippen molar-refractivity contribution in [1.29, 1.82) is 0 Å². The van der Waals surface area contributed by atoms with E-state index in [1.807, 2.05) is 26.8 Å². The number of aryl methyl sites for hydroxylation is 1. The van der Waals surface area contributed by atoms with E-state index in [4.69, 9.17) is 0 Å². The molecule has 1 N–H and O–H groups in total. The van der Waals surface area contributed by atoms with Crippen LogP contribution in [0.3, 0.4) is 0 Å². The predicted octanol–water partition coefficient (Wildman–Crippen LogP) is 4.82. The maximum Gasteiger partial charge on any atom is 0.220 e. The van der Waals surface area contributed by atoms with E-state index in [0.29, 0.717) is 6.42 Å². The van der Waals surface area contributed by atoms with Crippen LogP contribution in [0.25, 0.3) is 0 Å². The van der Waals surface area contributed by atoms with E-state index in [1.54, 1.807) is 0 Å². The Kier molecular flexibility index (Phi) is 5.59. The molecule has 0 bridgehead atoms. The summed E-state index contributed by atoms with van der Waals surface area (Å²) in [6, 6.07) is 18.9. The lowest BCUT2D eigenvalue weighted by atomic mass is 9.85. The van der Waals surface area contributed by atoms with Crippen molar-refractivity contribution in [2.24, 2.45) is 0 Å². The highest BCUT2D eigenvalue weighted by Gasteiger charge is 2.19. The van der Waals surface area contributed by atoms with Gasteiger partial charge in [-0.2, -0.15) is 0 Å². The summed E-state index contributed by atoms with van der Waals surface area (Å²) in [6.07, 6.45) is 1.35. The number of benzene rings is 2. The maximum absolute atomic E-state index is 12.2. The highest BCUT2D eigenvalue weighted by molar-refractivity contribution is 5.76. The number of carbonyl (C=O) groups is 1. The molecule has 1 atom stereocenters.